The first-order valence-electron chi connectivity index (χ1n) is 9.22. The molecule has 8 heteroatoms. The highest BCUT2D eigenvalue weighted by Gasteiger charge is 2.35. The molecule has 0 fully saturated rings. The molecule has 29 heavy (non-hydrogen) atoms. The molecule has 0 aliphatic carbocycles. The van der Waals surface area contributed by atoms with E-state index in [4.69, 9.17) is 0 Å². The lowest BCUT2D eigenvalue weighted by Gasteiger charge is -2.12. The zero-order valence-electron chi connectivity index (χ0n) is 15.6. The third kappa shape index (κ3) is 3.08. The molecular weight excluding hydrogens is 374 g/mol. The fraction of sp³-hybridized carbons (Fsp3) is 0.190. The minimum Gasteiger partial charge on any atom is -0.322 e. The van der Waals surface area contributed by atoms with Crippen LogP contribution in [-0.2, 0) is 0 Å². The molecule has 5 amide bonds. The number of amides is 5. The van der Waals surface area contributed by atoms with Crippen LogP contribution in [0.3, 0.4) is 0 Å². The first-order valence-corrected chi connectivity index (χ1v) is 9.22. The van der Waals surface area contributed by atoms with Crippen molar-refractivity contribution in [2.45, 2.75) is 19.8 Å². The monoisotopic (exact) mass is 391 g/mol. The van der Waals surface area contributed by atoms with Gasteiger partial charge in [-0.3, -0.25) is 34.2 Å². The molecular formula is C21H17N3O5. The number of nitrogens with zero attached hydrogens (tertiary/aromatic N) is 1. The number of hydrogen-bond acceptors (Lipinski definition) is 5. The lowest BCUT2D eigenvalue weighted by molar-refractivity contribution is 0.0651. The van der Waals surface area contributed by atoms with Gasteiger partial charge in [0.2, 0.25) is 0 Å². The molecule has 2 N–H and O–H groups in total. The molecule has 2 aliphatic rings. The van der Waals surface area contributed by atoms with Gasteiger partial charge in [0, 0.05) is 17.8 Å². The fourth-order valence-electron chi connectivity index (χ4n) is 3.40. The Hall–Kier alpha value is -3.81. The molecule has 4 rings (SSSR count). The van der Waals surface area contributed by atoms with Gasteiger partial charge in [0.15, 0.2) is 0 Å². The van der Waals surface area contributed by atoms with Gasteiger partial charge in [-0.2, -0.15) is 0 Å². The van der Waals surface area contributed by atoms with Crippen molar-refractivity contribution in [3.8, 4) is 0 Å². The lowest BCUT2D eigenvalue weighted by atomic mass is 10.0. The standard InChI is InChI=1S/C21H17N3O5/c1-2-3-8-24-20(28)14-6-4-11(9-16(14)21(24)29)17(25)22-12-5-7-13-15(10-12)19(27)23-18(13)26/h4-7,9-10H,2-3,8H2,1H3,(H,22,25)(H,23,26,27). The van der Waals surface area contributed by atoms with Crippen molar-refractivity contribution in [1.82, 2.24) is 10.2 Å². The molecule has 2 aliphatic heterocycles. The summed E-state index contributed by atoms with van der Waals surface area (Å²) in [5.41, 5.74) is 1.48. The van der Waals surface area contributed by atoms with E-state index in [1.54, 1.807) is 0 Å². The van der Waals surface area contributed by atoms with Crippen LogP contribution in [0.2, 0.25) is 0 Å². The summed E-state index contributed by atoms with van der Waals surface area (Å²) in [6.45, 7) is 2.32. The van der Waals surface area contributed by atoms with Crippen LogP contribution in [0.25, 0.3) is 0 Å². The Balaban J connectivity index is 1.56. The second kappa shape index (κ2) is 6.97. The van der Waals surface area contributed by atoms with E-state index in [2.05, 4.69) is 10.6 Å². The molecule has 0 saturated carbocycles. The van der Waals surface area contributed by atoms with Crippen LogP contribution in [-0.4, -0.2) is 41.0 Å². The van der Waals surface area contributed by atoms with Crippen molar-refractivity contribution in [2.24, 2.45) is 0 Å². The number of carbonyl (C=O) groups excluding carboxylic acids is 5. The van der Waals surface area contributed by atoms with E-state index in [0.717, 1.165) is 6.42 Å². The van der Waals surface area contributed by atoms with Crippen molar-refractivity contribution in [3.05, 3.63) is 64.2 Å². The third-order valence-electron chi connectivity index (χ3n) is 4.96. The van der Waals surface area contributed by atoms with Gasteiger partial charge in [-0.1, -0.05) is 13.3 Å². The van der Waals surface area contributed by atoms with Crippen LogP contribution >= 0.6 is 0 Å². The first-order chi connectivity index (χ1) is 13.9. The van der Waals surface area contributed by atoms with Crippen molar-refractivity contribution in [1.29, 1.82) is 0 Å². The number of nitrogens with one attached hydrogen (secondary N) is 2. The Labute approximate surface area is 165 Å². The first kappa shape index (κ1) is 18.5. The lowest BCUT2D eigenvalue weighted by Crippen LogP contribution is -2.30. The summed E-state index contributed by atoms with van der Waals surface area (Å²) in [5.74, 6) is -2.24. The normalized spacial score (nSPS) is 14.7. The van der Waals surface area contributed by atoms with Gasteiger partial charge in [-0.15, -0.1) is 0 Å². The maximum atomic E-state index is 12.6. The van der Waals surface area contributed by atoms with Gasteiger partial charge >= 0.3 is 0 Å². The molecule has 0 aromatic heterocycles. The number of rotatable bonds is 5. The van der Waals surface area contributed by atoms with Gasteiger partial charge in [0.05, 0.1) is 22.3 Å². The quantitative estimate of drug-likeness (QED) is 0.759. The molecule has 146 valence electrons. The van der Waals surface area contributed by atoms with Gasteiger partial charge in [-0.05, 0) is 42.8 Å². The highest BCUT2D eigenvalue weighted by atomic mass is 16.2. The summed E-state index contributed by atoms with van der Waals surface area (Å²) in [6, 6.07) is 8.76. The number of carbonyl (C=O) groups is 5. The Morgan fingerprint density at radius 3 is 2.34 bits per heavy atom. The number of imide groups is 2. The molecule has 2 aromatic rings. The van der Waals surface area contributed by atoms with Crippen LogP contribution in [0, 0.1) is 0 Å². The Bertz CT molecular complexity index is 1110. The SMILES string of the molecule is CCCCN1C(=O)c2ccc(C(=O)Nc3ccc4c(c3)C(=O)NC4=O)cc2C1=O. The molecule has 0 unspecified atom stereocenters. The second-order valence-corrected chi connectivity index (χ2v) is 6.87. The molecule has 0 saturated heterocycles. The van der Waals surface area contributed by atoms with Crippen molar-refractivity contribution in [3.63, 3.8) is 0 Å². The second-order valence-electron chi connectivity index (χ2n) is 6.87. The summed E-state index contributed by atoms with van der Waals surface area (Å²) in [7, 11) is 0. The number of unbranched alkanes of at least 4 members (excludes halogenated alkanes) is 1. The zero-order chi connectivity index (χ0) is 20.7. The van der Waals surface area contributed by atoms with Crippen LogP contribution in [0.15, 0.2) is 36.4 Å². The van der Waals surface area contributed by atoms with Gasteiger partial charge < -0.3 is 5.32 Å². The zero-order valence-corrected chi connectivity index (χ0v) is 15.6. The van der Waals surface area contributed by atoms with E-state index in [-0.39, 0.29) is 33.7 Å². The predicted molar refractivity (Wildman–Crippen MR) is 103 cm³/mol. The molecule has 0 bridgehead atoms. The van der Waals surface area contributed by atoms with E-state index in [9.17, 15) is 24.0 Å². The number of fused-ring (bicyclic) bond motifs is 2. The van der Waals surface area contributed by atoms with Crippen molar-refractivity contribution >= 4 is 35.2 Å². The van der Waals surface area contributed by atoms with Gasteiger partial charge in [0.25, 0.3) is 29.5 Å². The average Bonchev–Trinajstić information content (AvgIpc) is 3.13. The fourth-order valence-corrected chi connectivity index (χ4v) is 3.40. The van der Waals surface area contributed by atoms with E-state index in [1.807, 2.05) is 6.92 Å². The maximum absolute atomic E-state index is 12.6. The van der Waals surface area contributed by atoms with E-state index >= 15 is 0 Å². The maximum Gasteiger partial charge on any atom is 0.261 e. The summed E-state index contributed by atoms with van der Waals surface area (Å²) >= 11 is 0. The molecule has 2 aromatic carbocycles. The van der Waals surface area contributed by atoms with Gasteiger partial charge in [-0.25, -0.2) is 0 Å². The highest BCUT2D eigenvalue weighted by molar-refractivity contribution is 6.23. The van der Waals surface area contributed by atoms with E-state index in [0.29, 0.717) is 18.7 Å². The number of hydrogen-bond donors (Lipinski definition) is 2. The molecule has 0 atom stereocenters. The van der Waals surface area contributed by atoms with Crippen LogP contribution < -0.4 is 10.6 Å². The topological polar surface area (TPSA) is 113 Å². The predicted octanol–water partition coefficient (Wildman–Crippen LogP) is 2.22. The minimum absolute atomic E-state index is 0.189. The third-order valence-corrected chi connectivity index (χ3v) is 4.96. The van der Waals surface area contributed by atoms with E-state index in [1.165, 1.54) is 41.3 Å². The Morgan fingerprint density at radius 1 is 0.897 bits per heavy atom. The number of benzene rings is 2. The van der Waals surface area contributed by atoms with Crippen molar-refractivity contribution < 1.29 is 24.0 Å². The summed E-state index contributed by atoms with van der Waals surface area (Å²) in [5, 5.41) is 4.83. The summed E-state index contributed by atoms with van der Waals surface area (Å²) < 4.78 is 0. The minimum atomic E-state index is -0.519. The van der Waals surface area contributed by atoms with Crippen LogP contribution in [0.1, 0.15) is 71.6 Å². The molecule has 0 spiro atoms. The molecule has 2 heterocycles. The molecule has 0 radical (unpaired) electrons. The van der Waals surface area contributed by atoms with E-state index < -0.39 is 23.6 Å². The summed E-state index contributed by atoms with van der Waals surface area (Å²) in [4.78, 5) is 62.1. The van der Waals surface area contributed by atoms with Gasteiger partial charge in [0.1, 0.15) is 0 Å². The largest absolute Gasteiger partial charge is 0.322 e. The Morgan fingerprint density at radius 2 is 1.59 bits per heavy atom. The number of anilines is 1. The van der Waals surface area contributed by atoms with Crippen LogP contribution in [0.4, 0.5) is 5.69 Å². The smallest absolute Gasteiger partial charge is 0.261 e. The van der Waals surface area contributed by atoms with Crippen molar-refractivity contribution in [2.75, 3.05) is 11.9 Å². The average molecular weight is 391 g/mol. The summed E-state index contributed by atoms with van der Waals surface area (Å²) in [6.07, 6.45) is 1.57. The Kier molecular flexibility index (Phi) is 4.46. The van der Waals surface area contributed by atoms with Crippen LogP contribution in [0.5, 0.6) is 0 Å². The molecule has 8 nitrogen and oxygen atoms in total. The highest BCUT2D eigenvalue weighted by Crippen LogP contribution is 2.25.